The lowest BCUT2D eigenvalue weighted by Gasteiger charge is -2.26. The monoisotopic (exact) mass is 371 g/mol. The van der Waals surface area contributed by atoms with E-state index in [1.165, 1.54) is 24.3 Å². The van der Waals surface area contributed by atoms with E-state index in [4.69, 9.17) is 9.47 Å². The van der Waals surface area contributed by atoms with Crippen LogP contribution in [0.3, 0.4) is 0 Å². The number of methoxy groups -OCH3 is 1. The Morgan fingerprint density at radius 1 is 1.20 bits per heavy atom. The van der Waals surface area contributed by atoms with Crippen LogP contribution in [0.5, 0.6) is 0 Å². The number of benzene rings is 1. The Hall–Kier alpha value is -1.52. The first-order valence-corrected chi connectivity index (χ1v) is 9.68. The number of amides is 1. The number of nitrogens with zero attached hydrogens (tertiary/aromatic N) is 1. The molecule has 1 aliphatic rings. The summed E-state index contributed by atoms with van der Waals surface area (Å²) in [6.07, 6.45) is 0. The maximum Gasteiger partial charge on any atom is 0.251 e. The quantitative estimate of drug-likeness (QED) is 0.577. The van der Waals surface area contributed by atoms with Crippen LogP contribution in [0.1, 0.15) is 10.4 Å². The van der Waals surface area contributed by atoms with Crippen molar-refractivity contribution in [3.63, 3.8) is 0 Å². The predicted molar refractivity (Wildman–Crippen MR) is 93.1 cm³/mol. The highest BCUT2D eigenvalue weighted by atomic mass is 32.2. The van der Waals surface area contributed by atoms with E-state index in [1.807, 2.05) is 0 Å². The SMILES string of the molecule is COCCNC(=O)c1ccc(S(=O)(=O)NCCN2CCOCC2)cc1. The molecule has 2 rings (SSSR count). The average molecular weight is 371 g/mol. The van der Waals surface area contributed by atoms with Gasteiger partial charge in [0, 0.05) is 45.4 Å². The van der Waals surface area contributed by atoms with E-state index in [0.717, 1.165) is 13.1 Å². The molecule has 1 fully saturated rings. The first kappa shape index (κ1) is 19.8. The normalized spacial score (nSPS) is 15.9. The highest BCUT2D eigenvalue weighted by Gasteiger charge is 2.16. The Kier molecular flexibility index (Phi) is 7.79. The van der Waals surface area contributed by atoms with Crippen molar-refractivity contribution < 1.29 is 22.7 Å². The van der Waals surface area contributed by atoms with Crippen LogP contribution in [0, 0.1) is 0 Å². The zero-order valence-electron chi connectivity index (χ0n) is 14.4. The number of sulfonamides is 1. The van der Waals surface area contributed by atoms with Gasteiger partial charge in [0.1, 0.15) is 0 Å². The summed E-state index contributed by atoms with van der Waals surface area (Å²) in [6, 6.07) is 5.86. The number of morpholine rings is 1. The maximum atomic E-state index is 12.3. The van der Waals surface area contributed by atoms with Crippen LogP contribution in [0.25, 0.3) is 0 Å². The molecule has 0 saturated carbocycles. The Balaban J connectivity index is 1.85. The van der Waals surface area contributed by atoms with Crippen molar-refractivity contribution in [1.82, 2.24) is 14.9 Å². The minimum atomic E-state index is -3.58. The van der Waals surface area contributed by atoms with E-state index in [9.17, 15) is 13.2 Å². The zero-order valence-corrected chi connectivity index (χ0v) is 15.2. The van der Waals surface area contributed by atoms with E-state index in [-0.39, 0.29) is 10.8 Å². The van der Waals surface area contributed by atoms with Crippen LogP contribution >= 0.6 is 0 Å². The van der Waals surface area contributed by atoms with Gasteiger partial charge in [-0.15, -0.1) is 0 Å². The molecule has 1 saturated heterocycles. The second-order valence-electron chi connectivity index (χ2n) is 5.62. The third-order valence-corrected chi connectivity index (χ3v) is 5.32. The van der Waals surface area contributed by atoms with Gasteiger partial charge in [-0.3, -0.25) is 9.69 Å². The van der Waals surface area contributed by atoms with Gasteiger partial charge in [-0.25, -0.2) is 13.1 Å². The zero-order chi connectivity index (χ0) is 18.1. The van der Waals surface area contributed by atoms with Crippen LogP contribution < -0.4 is 10.0 Å². The summed E-state index contributed by atoms with van der Waals surface area (Å²) in [7, 11) is -2.03. The van der Waals surface area contributed by atoms with Gasteiger partial charge in [-0.2, -0.15) is 0 Å². The molecular formula is C16H25N3O5S. The Bertz CT molecular complexity index is 642. The summed E-state index contributed by atoms with van der Waals surface area (Å²) in [5.74, 6) is -0.263. The molecule has 0 spiro atoms. The molecule has 0 atom stereocenters. The largest absolute Gasteiger partial charge is 0.383 e. The van der Waals surface area contributed by atoms with Crippen LogP contribution in [0.4, 0.5) is 0 Å². The predicted octanol–water partition coefficient (Wildman–Crippen LogP) is -0.327. The van der Waals surface area contributed by atoms with Crippen molar-refractivity contribution in [3.8, 4) is 0 Å². The minimum absolute atomic E-state index is 0.142. The van der Waals surface area contributed by atoms with Gasteiger partial charge >= 0.3 is 0 Å². The smallest absolute Gasteiger partial charge is 0.251 e. The van der Waals surface area contributed by atoms with Gasteiger partial charge in [0.05, 0.1) is 24.7 Å². The average Bonchev–Trinajstić information content (AvgIpc) is 2.63. The molecule has 1 aromatic carbocycles. The molecule has 140 valence electrons. The molecule has 1 amide bonds. The van der Waals surface area contributed by atoms with Crippen LogP contribution in [-0.4, -0.2) is 78.9 Å². The lowest BCUT2D eigenvalue weighted by molar-refractivity contribution is 0.0390. The summed E-state index contributed by atoms with van der Waals surface area (Å²) < 4.78 is 37.3. The van der Waals surface area contributed by atoms with Crippen LogP contribution in [0.2, 0.25) is 0 Å². The summed E-state index contributed by atoms with van der Waals surface area (Å²) in [6.45, 7) is 4.79. The first-order valence-electron chi connectivity index (χ1n) is 8.20. The number of ether oxygens (including phenoxy) is 2. The van der Waals surface area contributed by atoms with Crippen molar-refractivity contribution in [2.45, 2.75) is 4.90 Å². The topological polar surface area (TPSA) is 97.0 Å². The summed E-state index contributed by atoms with van der Waals surface area (Å²) in [5.41, 5.74) is 0.406. The highest BCUT2D eigenvalue weighted by molar-refractivity contribution is 7.89. The molecule has 2 N–H and O–H groups in total. The number of nitrogens with one attached hydrogen (secondary N) is 2. The molecule has 0 aliphatic carbocycles. The molecule has 25 heavy (non-hydrogen) atoms. The lowest BCUT2D eigenvalue weighted by Crippen LogP contribution is -2.41. The Labute approximate surface area is 148 Å². The van der Waals surface area contributed by atoms with E-state index >= 15 is 0 Å². The number of carbonyl (C=O) groups is 1. The summed E-state index contributed by atoms with van der Waals surface area (Å²) in [5, 5.41) is 2.68. The standard InChI is InChI=1S/C16H25N3O5S/c1-23-11-7-17-16(20)14-2-4-15(5-3-14)25(21,22)18-6-8-19-9-12-24-13-10-19/h2-5,18H,6-13H2,1H3,(H,17,20). The van der Waals surface area contributed by atoms with E-state index < -0.39 is 10.0 Å². The van der Waals surface area contributed by atoms with Crippen molar-refractivity contribution in [1.29, 1.82) is 0 Å². The van der Waals surface area contributed by atoms with Crippen molar-refractivity contribution >= 4 is 15.9 Å². The summed E-state index contributed by atoms with van der Waals surface area (Å²) >= 11 is 0. The maximum absolute atomic E-state index is 12.3. The van der Waals surface area contributed by atoms with Crippen molar-refractivity contribution in [2.24, 2.45) is 0 Å². The van der Waals surface area contributed by atoms with Crippen molar-refractivity contribution in [2.75, 3.05) is 59.7 Å². The molecule has 1 aromatic rings. The van der Waals surface area contributed by atoms with Gasteiger partial charge < -0.3 is 14.8 Å². The fraction of sp³-hybridized carbons (Fsp3) is 0.562. The molecular weight excluding hydrogens is 346 g/mol. The molecule has 0 aromatic heterocycles. The Morgan fingerprint density at radius 3 is 2.52 bits per heavy atom. The first-order chi connectivity index (χ1) is 12.0. The van der Waals surface area contributed by atoms with Crippen LogP contribution in [0.15, 0.2) is 29.2 Å². The van der Waals surface area contributed by atoms with Gasteiger partial charge in [-0.1, -0.05) is 0 Å². The molecule has 0 unspecified atom stereocenters. The van der Waals surface area contributed by atoms with E-state index in [1.54, 1.807) is 7.11 Å². The third-order valence-electron chi connectivity index (χ3n) is 3.84. The lowest BCUT2D eigenvalue weighted by atomic mass is 10.2. The van der Waals surface area contributed by atoms with E-state index in [2.05, 4.69) is 14.9 Å². The second-order valence-corrected chi connectivity index (χ2v) is 7.39. The van der Waals surface area contributed by atoms with Crippen molar-refractivity contribution in [3.05, 3.63) is 29.8 Å². The van der Waals surface area contributed by atoms with Crippen LogP contribution in [-0.2, 0) is 19.5 Å². The van der Waals surface area contributed by atoms with Gasteiger partial charge in [0.2, 0.25) is 10.0 Å². The Morgan fingerprint density at radius 2 is 1.88 bits per heavy atom. The minimum Gasteiger partial charge on any atom is -0.383 e. The highest BCUT2D eigenvalue weighted by Crippen LogP contribution is 2.10. The number of hydrogen-bond donors (Lipinski definition) is 2. The molecule has 0 radical (unpaired) electrons. The number of rotatable bonds is 9. The third kappa shape index (κ3) is 6.37. The fourth-order valence-electron chi connectivity index (χ4n) is 2.40. The molecule has 0 bridgehead atoms. The van der Waals surface area contributed by atoms with E-state index in [0.29, 0.717) is 45.0 Å². The summed E-state index contributed by atoms with van der Waals surface area (Å²) in [4.78, 5) is 14.2. The number of carbonyl (C=O) groups excluding carboxylic acids is 1. The molecule has 9 heteroatoms. The van der Waals surface area contributed by atoms with Gasteiger partial charge in [0.25, 0.3) is 5.91 Å². The number of hydrogen-bond acceptors (Lipinski definition) is 6. The van der Waals surface area contributed by atoms with Gasteiger partial charge in [-0.05, 0) is 24.3 Å². The molecule has 1 heterocycles. The fourth-order valence-corrected chi connectivity index (χ4v) is 3.42. The van der Waals surface area contributed by atoms with Gasteiger partial charge in [0.15, 0.2) is 0 Å². The molecule has 8 nitrogen and oxygen atoms in total. The second kappa shape index (κ2) is 9.83. The molecule has 1 aliphatic heterocycles.